The van der Waals surface area contributed by atoms with Crippen molar-refractivity contribution in [2.45, 2.75) is 31.9 Å². The van der Waals surface area contributed by atoms with Gasteiger partial charge in [0.15, 0.2) is 0 Å². The van der Waals surface area contributed by atoms with Crippen LogP contribution in [0.5, 0.6) is 0 Å². The number of anilines is 2. The molecule has 0 radical (unpaired) electrons. The number of rotatable bonds is 4. The Labute approximate surface area is 184 Å². The van der Waals surface area contributed by atoms with E-state index in [0.717, 1.165) is 24.5 Å². The maximum absolute atomic E-state index is 13.7. The van der Waals surface area contributed by atoms with Crippen molar-refractivity contribution < 1.29 is 18.0 Å². The van der Waals surface area contributed by atoms with E-state index in [9.17, 15) is 18.0 Å². The number of halogens is 3. The average Bonchev–Trinajstić information content (AvgIpc) is 2.78. The summed E-state index contributed by atoms with van der Waals surface area (Å²) >= 11 is 0. The minimum atomic E-state index is -4.72. The molecule has 1 aliphatic heterocycles. The number of pyridine rings is 2. The van der Waals surface area contributed by atoms with Gasteiger partial charge in [0.25, 0.3) is 0 Å². The molecule has 1 saturated heterocycles. The molecule has 0 amide bonds. The van der Waals surface area contributed by atoms with Gasteiger partial charge in [-0.2, -0.15) is 13.2 Å². The monoisotopic (exact) mass is 440 g/mol. The Hall–Kier alpha value is -3.42. The highest BCUT2D eigenvalue weighted by Gasteiger charge is 2.37. The van der Waals surface area contributed by atoms with Gasteiger partial charge < -0.3 is 10.6 Å². The number of ketones is 1. The first-order chi connectivity index (χ1) is 15.2. The number of alkyl halides is 3. The van der Waals surface area contributed by atoms with Crippen LogP contribution in [0.1, 0.15) is 51.5 Å². The summed E-state index contributed by atoms with van der Waals surface area (Å²) in [5.74, 6) is -0.436. The van der Waals surface area contributed by atoms with E-state index >= 15 is 0 Å². The van der Waals surface area contributed by atoms with Crippen molar-refractivity contribution in [2.24, 2.45) is 0 Å². The van der Waals surface area contributed by atoms with Crippen LogP contribution >= 0.6 is 0 Å². The van der Waals surface area contributed by atoms with E-state index in [1.807, 2.05) is 24.0 Å². The Morgan fingerprint density at radius 3 is 2.69 bits per heavy atom. The van der Waals surface area contributed by atoms with Crippen molar-refractivity contribution in [3.8, 4) is 0 Å². The second-order valence-corrected chi connectivity index (χ2v) is 8.03. The third-order valence-corrected chi connectivity index (χ3v) is 5.74. The highest BCUT2D eigenvalue weighted by atomic mass is 19.4. The van der Waals surface area contributed by atoms with E-state index in [0.29, 0.717) is 18.9 Å². The minimum Gasteiger partial charge on any atom is -0.383 e. The first-order valence-electron chi connectivity index (χ1n) is 10.4. The number of aryl methyl sites for hydroxylation is 1. The summed E-state index contributed by atoms with van der Waals surface area (Å²) in [6.07, 6.45) is -1.49. The van der Waals surface area contributed by atoms with Crippen LogP contribution in [-0.4, -0.2) is 28.8 Å². The number of benzene rings is 1. The van der Waals surface area contributed by atoms with Crippen molar-refractivity contribution in [2.75, 3.05) is 23.7 Å². The van der Waals surface area contributed by atoms with Crippen molar-refractivity contribution in [3.05, 3.63) is 82.7 Å². The number of hydrogen-bond donors (Lipinski definition) is 1. The van der Waals surface area contributed by atoms with Crippen molar-refractivity contribution in [1.82, 2.24) is 9.97 Å². The summed E-state index contributed by atoms with van der Waals surface area (Å²) in [7, 11) is 0. The molecule has 1 atom stereocenters. The van der Waals surface area contributed by atoms with Crippen LogP contribution in [0, 0.1) is 6.92 Å². The van der Waals surface area contributed by atoms with Crippen LogP contribution in [0.2, 0.25) is 0 Å². The molecule has 1 unspecified atom stereocenters. The van der Waals surface area contributed by atoms with E-state index in [2.05, 4.69) is 22.1 Å². The lowest BCUT2D eigenvalue weighted by molar-refractivity contribution is -0.138. The number of piperidine rings is 1. The van der Waals surface area contributed by atoms with Crippen LogP contribution in [0.4, 0.5) is 24.8 Å². The van der Waals surface area contributed by atoms with Gasteiger partial charge in [0.2, 0.25) is 5.78 Å². The third-order valence-electron chi connectivity index (χ3n) is 5.74. The zero-order chi connectivity index (χ0) is 22.9. The minimum absolute atomic E-state index is 0.0982. The first kappa shape index (κ1) is 21.8. The molecule has 4 rings (SSSR count). The quantitative estimate of drug-likeness (QED) is 0.578. The summed E-state index contributed by atoms with van der Waals surface area (Å²) in [4.78, 5) is 23.0. The molecule has 1 aromatic carbocycles. The lowest BCUT2D eigenvalue weighted by Gasteiger charge is -2.34. The molecular weight excluding hydrogens is 417 g/mol. The lowest BCUT2D eigenvalue weighted by Crippen LogP contribution is -2.35. The number of aromatic nitrogens is 2. The highest BCUT2D eigenvalue weighted by molar-refractivity contribution is 6.11. The Bertz CT molecular complexity index is 1150. The molecule has 3 heterocycles. The Morgan fingerprint density at radius 1 is 1.16 bits per heavy atom. The summed E-state index contributed by atoms with van der Waals surface area (Å²) in [6.45, 7) is 3.30. The van der Waals surface area contributed by atoms with Gasteiger partial charge in [-0.05, 0) is 49.6 Å². The number of carbonyl (C=O) groups is 1. The fraction of sp³-hybridized carbons (Fsp3) is 0.292. The van der Waals surface area contributed by atoms with Gasteiger partial charge >= 0.3 is 6.18 Å². The summed E-state index contributed by atoms with van der Waals surface area (Å²) < 4.78 is 41.0. The maximum Gasteiger partial charge on any atom is 0.418 e. The molecular formula is C24H23F3N4O. The molecule has 0 saturated carbocycles. The molecule has 1 aliphatic rings. The van der Waals surface area contributed by atoms with Gasteiger partial charge in [-0.25, -0.2) is 9.97 Å². The standard InChI is InChI=1S/C24H23F3N4O/c1-15-5-2-6-16(13-15)17-7-4-12-31(14-17)20-10-9-19(24(25,26)27)21(30-20)22(32)18-8-3-11-29-23(18)28/h2-3,5-6,8-11,13,17H,4,7,12,14H2,1H3,(H2,28,29). The SMILES string of the molecule is Cc1cccc(C2CCCN(c3ccc(C(F)(F)F)c(C(=O)c4cccnc4N)n3)C2)c1. The lowest BCUT2D eigenvalue weighted by atomic mass is 9.90. The predicted octanol–water partition coefficient (Wildman–Crippen LogP) is 5.00. The topological polar surface area (TPSA) is 72.1 Å². The Kier molecular flexibility index (Phi) is 5.86. The Morgan fingerprint density at radius 2 is 1.97 bits per heavy atom. The van der Waals surface area contributed by atoms with E-state index < -0.39 is 23.2 Å². The van der Waals surface area contributed by atoms with Crippen molar-refractivity contribution >= 4 is 17.4 Å². The molecule has 0 bridgehead atoms. The molecule has 5 nitrogen and oxygen atoms in total. The molecule has 3 aromatic rings. The molecule has 0 aliphatic carbocycles. The van der Waals surface area contributed by atoms with E-state index in [-0.39, 0.29) is 17.3 Å². The first-order valence-corrected chi connectivity index (χ1v) is 10.4. The number of carbonyl (C=O) groups excluding carboxylic acids is 1. The molecule has 8 heteroatoms. The van der Waals surface area contributed by atoms with Gasteiger partial charge in [0.05, 0.1) is 11.1 Å². The fourth-order valence-electron chi connectivity index (χ4n) is 4.15. The van der Waals surface area contributed by atoms with Crippen LogP contribution in [0.15, 0.2) is 54.7 Å². The van der Waals surface area contributed by atoms with E-state index in [1.165, 1.54) is 30.0 Å². The van der Waals surface area contributed by atoms with Crippen LogP contribution < -0.4 is 10.6 Å². The number of nitrogen functional groups attached to an aromatic ring is 1. The summed E-state index contributed by atoms with van der Waals surface area (Å²) in [5.41, 5.74) is 6.26. The zero-order valence-corrected chi connectivity index (χ0v) is 17.6. The zero-order valence-electron chi connectivity index (χ0n) is 17.6. The highest BCUT2D eigenvalue weighted by Crippen LogP contribution is 2.35. The number of nitrogens with zero attached hydrogens (tertiary/aromatic N) is 3. The van der Waals surface area contributed by atoms with Crippen molar-refractivity contribution in [1.29, 1.82) is 0 Å². The molecule has 2 N–H and O–H groups in total. The van der Waals surface area contributed by atoms with Gasteiger partial charge in [-0.3, -0.25) is 4.79 Å². The number of nitrogens with two attached hydrogens (primary N) is 1. The van der Waals surface area contributed by atoms with Crippen LogP contribution in [-0.2, 0) is 6.18 Å². The van der Waals surface area contributed by atoms with E-state index in [4.69, 9.17) is 5.73 Å². The molecule has 32 heavy (non-hydrogen) atoms. The average molecular weight is 440 g/mol. The third kappa shape index (κ3) is 4.44. The molecule has 0 spiro atoms. The summed E-state index contributed by atoms with van der Waals surface area (Å²) in [6, 6.07) is 13.3. The summed E-state index contributed by atoms with van der Waals surface area (Å²) in [5, 5.41) is 0. The largest absolute Gasteiger partial charge is 0.418 e. The second kappa shape index (κ2) is 8.61. The van der Waals surface area contributed by atoms with Gasteiger partial charge in [0, 0.05) is 25.2 Å². The van der Waals surface area contributed by atoms with Gasteiger partial charge in [-0.15, -0.1) is 0 Å². The van der Waals surface area contributed by atoms with Gasteiger partial charge in [0.1, 0.15) is 17.3 Å². The van der Waals surface area contributed by atoms with Crippen LogP contribution in [0.3, 0.4) is 0 Å². The fourth-order valence-corrected chi connectivity index (χ4v) is 4.15. The normalized spacial score (nSPS) is 16.8. The maximum atomic E-state index is 13.7. The number of hydrogen-bond acceptors (Lipinski definition) is 5. The van der Waals surface area contributed by atoms with Crippen molar-refractivity contribution in [3.63, 3.8) is 0 Å². The molecule has 166 valence electrons. The molecule has 1 fully saturated rings. The van der Waals surface area contributed by atoms with Crippen LogP contribution in [0.25, 0.3) is 0 Å². The Balaban J connectivity index is 1.70. The van der Waals surface area contributed by atoms with E-state index in [1.54, 1.807) is 0 Å². The smallest absolute Gasteiger partial charge is 0.383 e. The second-order valence-electron chi connectivity index (χ2n) is 8.03. The van der Waals surface area contributed by atoms with Gasteiger partial charge in [-0.1, -0.05) is 29.8 Å². The predicted molar refractivity (Wildman–Crippen MR) is 117 cm³/mol. The molecule has 2 aromatic heterocycles.